The Morgan fingerprint density at radius 3 is 2.50 bits per heavy atom. The lowest BCUT2D eigenvalue weighted by Crippen LogP contribution is -2.08. The first-order valence-corrected chi connectivity index (χ1v) is 11.8. The monoisotopic (exact) mass is 470 g/mol. The summed E-state index contributed by atoms with van der Waals surface area (Å²) in [6.45, 7) is 0. The molecular weight excluding hydrogens is 448 g/mol. The third kappa shape index (κ3) is 4.25. The number of pyridine rings is 1. The van der Waals surface area contributed by atoms with Crippen molar-refractivity contribution in [2.75, 3.05) is 0 Å². The maximum absolute atomic E-state index is 13.2. The van der Waals surface area contributed by atoms with E-state index in [4.69, 9.17) is 0 Å². The number of H-pyrrole nitrogens is 1. The highest BCUT2D eigenvalue weighted by Gasteiger charge is 2.20. The van der Waals surface area contributed by atoms with E-state index in [2.05, 4.69) is 19.9 Å². The van der Waals surface area contributed by atoms with Gasteiger partial charge >= 0.3 is 0 Å². The normalized spacial score (nSPS) is 13.1. The van der Waals surface area contributed by atoms with E-state index in [1.54, 1.807) is 18.3 Å². The topological polar surface area (TPSA) is 88.1 Å². The zero-order valence-corrected chi connectivity index (χ0v) is 19.4. The van der Waals surface area contributed by atoms with Crippen molar-refractivity contribution in [1.82, 2.24) is 15.0 Å². The minimum absolute atomic E-state index is 0.0392. The van der Waals surface area contributed by atoms with Crippen molar-refractivity contribution in [2.24, 2.45) is 4.99 Å². The summed E-state index contributed by atoms with van der Waals surface area (Å²) < 4.78 is 0. The van der Waals surface area contributed by atoms with Crippen molar-refractivity contribution in [1.29, 1.82) is 0 Å². The molecule has 6 rings (SSSR count). The van der Waals surface area contributed by atoms with E-state index in [0.29, 0.717) is 29.0 Å². The van der Waals surface area contributed by atoms with Crippen molar-refractivity contribution in [3.05, 3.63) is 114 Å². The number of nitrogens with zero attached hydrogens (tertiary/aromatic N) is 3. The largest absolute Gasteiger partial charge is 0.342 e. The van der Waals surface area contributed by atoms with Crippen LogP contribution in [0.25, 0.3) is 27.4 Å². The molecule has 6 nitrogen and oxygen atoms in total. The predicted octanol–water partition coefficient (Wildman–Crippen LogP) is 6.00. The van der Waals surface area contributed by atoms with E-state index in [0.717, 1.165) is 33.1 Å². The van der Waals surface area contributed by atoms with Crippen molar-refractivity contribution in [3.63, 3.8) is 0 Å². The standard InChI is InChI=1S/C30H22N4O2/c35-27(15-23-13-22(18-31-23)19-7-2-1-3-8-19)24-11-6-12-25-30(24)34-29(33-25)16-28(36)26-14-20-9-4-5-10-21(20)17-32-26/h1-12,14,17-18H,13,15-16H2,(H,33,34). The fourth-order valence-electron chi connectivity index (χ4n) is 4.57. The molecule has 36 heavy (non-hydrogen) atoms. The molecule has 0 bridgehead atoms. The van der Waals surface area contributed by atoms with E-state index in [9.17, 15) is 9.59 Å². The Kier molecular flexibility index (Phi) is 5.54. The number of carbonyl (C=O) groups excluding carboxylic acids is 2. The maximum Gasteiger partial charge on any atom is 0.188 e. The van der Waals surface area contributed by atoms with Crippen LogP contribution in [0.2, 0.25) is 0 Å². The van der Waals surface area contributed by atoms with Gasteiger partial charge in [0.1, 0.15) is 11.5 Å². The van der Waals surface area contributed by atoms with Gasteiger partial charge in [0.15, 0.2) is 11.6 Å². The lowest BCUT2D eigenvalue weighted by molar-refractivity contribution is 0.0983. The molecule has 0 saturated heterocycles. The summed E-state index contributed by atoms with van der Waals surface area (Å²) in [4.78, 5) is 42.8. The van der Waals surface area contributed by atoms with E-state index >= 15 is 0 Å². The Hall–Kier alpha value is -4.71. The molecule has 5 aromatic rings. The predicted molar refractivity (Wildman–Crippen MR) is 141 cm³/mol. The zero-order valence-electron chi connectivity index (χ0n) is 19.4. The highest BCUT2D eigenvalue weighted by atomic mass is 16.1. The SMILES string of the molecule is O=C(Cc1nc2c(C(=O)CC3=NC=C(c4ccccc4)C3)cccc2[nH]1)c1cc2ccccc2cn1. The molecule has 0 saturated carbocycles. The average molecular weight is 471 g/mol. The number of aromatic amines is 1. The number of nitrogens with one attached hydrogen (secondary N) is 1. The molecular formula is C30H22N4O2. The van der Waals surface area contributed by atoms with Crippen molar-refractivity contribution < 1.29 is 9.59 Å². The minimum Gasteiger partial charge on any atom is -0.342 e. The van der Waals surface area contributed by atoms with E-state index in [1.165, 1.54) is 0 Å². The highest BCUT2D eigenvalue weighted by Crippen LogP contribution is 2.26. The highest BCUT2D eigenvalue weighted by molar-refractivity contribution is 6.17. The Morgan fingerprint density at radius 1 is 0.833 bits per heavy atom. The molecule has 0 unspecified atom stereocenters. The van der Waals surface area contributed by atoms with Gasteiger partial charge in [0.25, 0.3) is 0 Å². The van der Waals surface area contributed by atoms with Crippen LogP contribution in [0, 0.1) is 0 Å². The molecule has 2 aromatic heterocycles. The van der Waals surface area contributed by atoms with Gasteiger partial charge in [-0.3, -0.25) is 19.6 Å². The Balaban J connectivity index is 1.18. The average Bonchev–Trinajstić information content (AvgIpc) is 3.55. The molecule has 6 heteroatoms. The lowest BCUT2D eigenvalue weighted by Gasteiger charge is -2.04. The van der Waals surface area contributed by atoms with Crippen LogP contribution in [0.3, 0.4) is 0 Å². The third-order valence-electron chi connectivity index (χ3n) is 6.41. The number of fused-ring (bicyclic) bond motifs is 2. The molecule has 0 aliphatic carbocycles. The Labute approximate surface area is 207 Å². The first-order chi connectivity index (χ1) is 17.6. The number of ketones is 2. The first kappa shape index (κ1) is 21.8. The third-order valence-corrected chi connectivity index (χ3v) is 6.41. The summed E-state index contributed by atoms with van der Waals surface area (Å²) in [5, 5.41) is 1.95. The molecule has 0 radical (unpaired) electrons. The van der Waals surface area contributed by atoms with Crippen molar-refractivity contribution in [3.8, 4) is 0 Å². The second kappa shape index (κ2) is 9.15. The van der Waals surface area contributed by atoms with E-state index in [-0.39, 0.29) is 24.4 Å². The number of hydrogen-bond acceptors (Lipinski definition) is 5. The number of allylic oxidation sites excluding steroid dienone is 1. The number of imidazole rings is 1. The molecule has 0 fully saturated rings. The zero-order chi connectivity index (χ0) is 24.5. The van der Waals surface area contributed by atoms with Crippen LogP contribution in [0.5, 0.6) is 0 Å². The summed E-state index contributed by atoms with van der Waals surface area (Å²) in [5.41, 5.74) is 5.30. The molecule has 0 spiro atoms. The van der Waals surface area contributed by atoms with E-state index in [1.807, 2.05) is 72.9 Å². The lowest BCUT2D eigenvalue weighted by atomic mass is 9.98. The smallest absolute Gasteiger partial charge is 0.188 e. The number of rotatable bonds is 7. The van der Waals surface area contributed by atoms with E-state index < -0.39 is 0 Å². The quantitative estimate of drug-likeness (QED) is 0.296. The second-order valence-electron chi connectivity index (χ2n) is 8.89. The van der Waals surface area contributed by atoms with Crippen LogP contribution in [-0.2, 0) is 6.42 Å². The molecule has 1 N–H and O–H groups in total. The summed E-state index contributed by atoms with van der Waals surface area (Å²) in [5.74, 6) is 0.339. The Bertz CT molecular complexity index is 1700. The number of hydrogen-bond donors (Lipinski definition) is 1. The van der Waals surface area contributed by atoms with Crippen LogP contribution in [0.4, 0.5) is 0 Å². The van der Waals surface area contributed by atoms with Crippen LogP contribution in [0.1, 0.15) is 45.1 Å². The van der Waals surface area contributed by atoms with Crippen LogP contribution in [-0.4, -0.2) is 32.2 Å². The van der Waals surface area contributed by atoms with Crippen LogP contribution in [0.15, 0.2) is 96.3 Å². The number of para-hydroxylation sites is 1. The number of carbonyl (C=O) groups is 2. The van der Waals surface area contributed by atoms with Crippen molar-refractivity contribution in [2.45, 2.75) is 19.3 Å². The summed E-state index contributed by atoms with van der Waals surface area (Å²) in [6, 6.07) is 25.1. The van der Waals surface area contributed by atoms with Gasteiger partial charge in [-0.2, -0.15) is 0 Å². The number of benzene rings is 3. The van der Waals surface area contributed by atoms with Gasteiger partial charge in [-0.05, 0) is 34.7 Å². The Morgan fingerprint density at radius 2 is 1.64 bits per heavy atom. The molecule has 1 aliphatic heterocycles. The second-order valence-corrected chi connectivity index (χ2v) is 8.89. The fourth-order valence-corrected chi connectivity index (χ4v) is 4.57. The first-order valence-electron chi connectivity index (χ1n) is 11.8. The molecule has 0 amide bonds. The van der Waals surface area contributed by atoms with Gasteiger partial charge in [0.05, 0.1) is 17.5 Å². The summed E-state index contributed by atoms with van der Waals surface area (Å²) in [6.07, 6.45) is 4.52. The molecule has 3 heterocycles. The van der Waals surface area contributed by atoms with Gasteiger partial charge in [0, 0.05) is 41.9 Å². The van der Waals surface area contributed by atoms with Gasteiger partial charge in [-0.25, -0.2) is 4.98 Å². The van der Waals surface area contributed by atoms with Crippen LogP contribution < -0.4 is 0 Å². The van der Waals surface area contributed by atoms with Gasteiger partial charge in [0.2, 0.25) is 0 Å². The molecule has 174 valence electrons. The van der Waals surface area contributed by atoms with Crippen molar-refractivity contribution >= 4 is 44.7 Å². The van der Waals surface area contributed by atoms with Crippen LogP contribution >= 0.6 is 0 Å². The number of aromatic nitrogens is 3. The minimum atomic E-state index is -0.132. The summed E-state index contributed by atoms with van der Waals surface area (Å²) in [7, 11) is 0. The summed E-state index contributed by atoms with van der Waals surface area (Å²) >= 11 is 0. The number of aliphatic imine (C=N–C) groups is 1. The number of Topliss-reactive ketones (excluding diaryl/α,β-unsaturated/α-hetero) is 2. The van der Waals surface area contributed by atoms with Gasteiger partial charge in [-0.15, -0.1) is 0 Å². The maximum atomic E-state index is 13.2. The van der Waals surface area contributed by atoms with Gasteiger partial charge < -0.3 is 4.98 Å². The molecule has 1 aliphatic rings. The fraction of sp³-hybridized carbons (Fsp3) is 0.100. The molecule has 0 atom stereocenters. The van der Waals surface area contributed by atoms with Gasteiger partial charge in [-0.1, -0.05) is 60.7 Å². The molecule has 3 aromatic carbocycles.